The van der Waals surface area contributed by atoms with Crippen molar-refractivity contribution in [3.05, 3.63) is 11.6 Å². The summed E-state index contributed by atoms with van der Waals surface area (Å²) < 4.78 is 5.97. The molecule has 2 aliphatic heterocycles. The molecule has 0 saturated carbocycles. The standard InChI is InChI=1S/C12H19NO2/c1-8-6-7-9-11(2,3)15-12(4,5)13(9)10(8)14/h6,9H,7H2,1-5H3. The molecule has 2 aliphatic rings. The third-order valence-corrected chi connectivity index (χ3v) is 3.41. The molecule has 3 nitrogen and oxygen atoms in total. The number of ether oxygens (including phenoxy) is 1. The van der Waals surface area contributed by atoms with Gasteiger partial charge in [0.05, 0.1) is 11.6 Å². The van der Waals surface area contributed by atoms with Crippen molar-refractivity contribution in [2.24, 2.45) is 0 Å². The lowest BCUT2D eigenvalue weighted by Crippen LogP contribution is -2.51. The Morgan fingerprint density at radius 1 is 1.40 bits per heavy atom. The molecule has 1 unspecified atom stereocenters. The Balaban J connectivity index is 2.44. The summed E-state index contributed by atoms with van der Waals surface area (Å²) in [6.45, 7) is 9.92. The predicted molar refractivity (Wildman–Crippen MR) is 58.3 cm³/mol. The molecule has 0 spiro atoms. The Morgan fingerprint density at radius 3 is 2.60 bits per heavy atom. The maximum atomic E-state index is 12.1. The average Bonchev–Trinajstić information content (AvgIpc) is 2.24. The van der Waals surface area contributed by atoms with E-state index in [4.69, 9.17) is 4.74 Å². The fourth-order valence-electron chi connectivity index (χ4n) is 2.79. The van der Waals surface area contributed by atoms with E-state index in [2.05, 4.69) is 13.8 Å². The van der Waals surface area contributed by atoms with Crippen LogP contribution in [0.2, 0.25) is 0 Å². The smallest absolute Gasteiger partial charge is 0.251 e. The summed E-state index contributed by atoms with van der Waals surface area (Å²) in [4.78, 5) is 14.0. The topological polar surface area (TPSA) is 29.5 Å². The maximum absolute atomic E-state index is 12.1. The third kappa shape index (κ3) is 1.41. The van der Waals surface area contributed by atoms with Gasteiger partial charge < -0.3 is 9.64 Å². The number of hydrogen-bond acceptors (Lipinski definition) is 2. The normalized spacial score (nSPS) is 32.6. The molecule has 0 aromatic carbocycles. The summed E-state index contributed by atoms with van der Waals surface area (Å²) in [6.07, 6.45) is 2.92. The van der Waals surface area contributed by atoms with Gasteiger partial charge in [-0.3, -0.25) is 4.79 Å². The van der Waals surface area contributed by atoms with Crippen LogP contribution in [0.4, 0.5) is 0 Å². The van der Waals surface area contributed by atoms with Crippen LogP contribution in [0, 0.1) is 0 Å². The molecule has 0 aromatic heterocycles. The van der Waals surface area contributed by atoms with Crippen molar-refractivity contribution in [3.8, 4) is 0 Å². The van der Waals surface area contributed by atoms with E-state index in [1.165, 1.54) is 0 Å². The van der Waals surface area contributed by atoms with Gasteiger partial charge in [-0.15, -0.1) is 0 Å². The molecule has 0 radical (unpaired) electrons. The van der Waals surface area contributed by atoms with Crippen molar-refractivity contribution in [2.75, 3.05) is 0 Å². The Hall–Kier alpha value is -0.830. The predicted octanol–water partition coefficient (Wildman–Crippen LogP) is 2.08. The van der Waals surface area contributed by atoms with Gasteiger partial charge in [-0.1, -0.05) is 6.08 Å². The lowest BCUT2D eigenvalue weighted by molar-refractivity contribution is -0.146. The average molecular weight is 209 g/mol. The number of amides is 1. The molecule has 1 amide bonds. The van der Waals surface area contributed by atoms with Crippen LogP contribution in [-0.2, 0) is 9.53 Å². The molecule has 2 heterocycles. The van der Waals surface area contributed by atoms with Gasteiger partial charge in [-0.05, 0) is 41.0 Å². The molecule has 84 valence electrons. The summed E-state index contributed by atoms with van der Waals surface area (Å²) in [7, 11) is 0. The van der Waals surface area contributed by atoms with E-state index in [9.17, 15) is 4.79 Å². The molecule has 1 fully saturated rings. The van der Waals surface area contributed by atoms with Gasteiger partial charge in [0.2, 0.25) is 0 Å². The first-order valence-electron chi connectivity index (χ1n) is 5.46. The van der Waals surface area contributed by atoms with E-state index in [0.29, 0.717) is 0 Å². The second-order valence-electron chi connectivity index (χ2n) is 5.47. The minimum absolute atomic E-state index is 0.113. The van der Waals surface area contributed by atoms with E-state index in [-0.39, 0.29) is 17.6 Å². The highest BCUT2D eigenvalue weighted by atomic mass is 16.6. The zero-order valence-corrected chi connectivity index (χ0v) is 10.1. The van der Waals surface area contributed by atoms with Crippen LogP contribution in [0.1, 0.15) is 41.0 Å². The molecule has 15 heavy (non-hydrogen) atoms. The second-order valence-corrected chi connectivity index (χ2v) is 5.47. The molecule has 2 rings (SSSR count). The van der Waals surface area contributed by atoms with Crippen LogP contribution >= 0.6 is 0 Å². The summed E-state index contributed by atoms with van der Waals surface area (Å²) in [5, 5.41) is 0. The van der Waals surface area contributed by atoms with Crippen LogP contribution in [0.3, 0.4) is 0 Å². The van der Waals surface area contributed by atoms with Crippen LogP contribution < -0.4 is 0 Å². The fraction of sp³-hybridized carbons (Fsp3) is 0.750. The molecule has 0 bridgehead atoms. The van der Waals surface area contributed by atoms with Gasteiger partial charge in [-0.25, -0.2) is 0 Å². The molecular weight excluding hydrogens is 190 g/mol. The lowest BCUT2D eigenvalue weighted by atomic mass is 9.91. The Labute approximate surface area is 91.1 Å². The van der Waals surface area contributed by atoms with Gasteiger partial charge in [0.1, 0.15) is 5.72 Å². The van der Waals surface area contributed by atoms with Crippen LogP contribution in [0.5, 0.6) is 0 Å². The molecule has 0 aliphatic carbocycles. The van der Waals surface area contributed by atoms with Crippen LogP contribution in [0.25, 0.3) is 0 Å². The molecule has 3 heteroatoms. The molecule has 0 N–H and O–H groups in total. The zero-order valence-electron chi connectivity index (χ0n) is 10.1. The van der Waals surface area contributed by atoms with Gasteiger partial charge in [-0.2, -0.15) is 0 Å². The molecule has 1 saturated heterocycles. The summed E-state index contributed by atoms with van der Waals surface area (Å²) >= 11 is 0. The van der Waals surface area contributed by atoms with Crippen molar-refractivity contribution in [2.45, 2.75) is 58.4 Å². The van der Waals surface area contributed by atoms with Crippen molar-refractivity contribution >= 4 is 5.91 Å². The third-order valence-electron chi connectivity index (χ3n) is 3.41. The monoisotopic (exact) mass is 209 g/mol. The number of fused-ring (bicyclic) bond motifs is 1. The van der Waals surface area contributed by atoms with Crippen LogP contribution in [-0.4, -0.2) is 28.2 Å². The van der Waals surface area contributed by atoms with Gasteiger partial charge >= 0.3 is 0 Å². The number of carbonyl (C=O) groups is 1. The summed E-state index contributed by atoms with van der Waals surface area (Å²) in [5.74, 6) is 0.113. The highest BCUT2D eigenvalue weighted by molar-refractivity contribution is 5.94. The minimum Gasteiger partial charge on any atom is -0.348 e. The van der Waals surface area contributed by atoms with E-state index in [0.717, 1.165) is 12.0 Å². The fourth-order valence-corrected chi connectivity index (χ4v) is 2.79. The van der Waals surface area contributed by atoms with E-state index in [1.807, 2.05) is 31.7 Å². The van der Waals surface area contributed by atoms with Crippen LogP contribution in [0.15, 0.2) is 11.6 Å². The first kappa shape index (κ1) is 10.7. The lowest BCUT2D eigenvalue weighted by Gasteiger charge is -2.36. The van der Waals surface area contributed by atoms with Crippen molar-refractivity contribution < 1.29 is 9.53 Å². The Bertz CT molecular complexity index is 342. The summed E-state index contributed by atoms with van der Waals surface area (Å²) in [6, 6.07) is 0.170. The first-order chi connectivity index (χ1) is 6.76. The molecule has 0 aromatic rings. The van der Waals surface area contributed by atoms with Crippen molar-refractivity contribution in [3.63, 3.8) is 0 Å². The van der Waals surface area contributed by atoms with E-state index < -0.39 is 5.72 Å². The van der Waals surface area contributed by atoms with Crippen molar-refractivity contribution in [1.82, 2.24) is 4.90 Å². The van der Waals surface area contributed by atoms with Crippen molar-refractivity contribution in [1.29, 1.82) is 0 Å². The molecular formula is C12H19NO2. The van der Waals surface area contributed by atoms with E-state index >= 15 is 0 Å². The largest absolute Gasteiger partial charge is 0.348 e. The molecule has 1 atom stereocenters. The first-order valence-corrected chi connectivity index (χ1v) is 5.46. The number of carbonyl (C=O) groups excluding carboxylic acids is 1. The number of nitrogens with zero attached hydrogens (tertiary/aromatic N) is 1. The Morgan fingerprint density at radius 2 is 2.00 bits per heavy atom. The highest BCUT2D eigenvalue weighted by Gasteiger charge is 2.54. The van der Waals surface area contributed by atoms with Gasteiger partial charge in [0.15, 0.2) is 0 Å². The number of hydrogen-bond donors (Lipinski definition) is 0. The number of rotatable bonds is 0. The minimum atomic E-state index is -0.485. The van der Waals surface area contributed by atoms with Gasteiger partial charge in [0, 0.05) is 5.57 Å². The van der Waals surface area contributed by atoms with E-state index in [1.54, 1.807) is 0 Å². The Kier molecular flexibility index (Phi) is 2.03. The highest BCUT2D eigenvalue weighted by Crippen LogP contribution is 2.43. The zero-order chi connectivity index (χ0) is 11.4. The van der Waals surface area contributed by atoms with Gasteiger partial charge in [0.25, 0.3) is 5.91 Å². The maximum Gasteiger partial charge on any atom is 0.251 e. The second kappa shape index (κ2) is 2.85. The SMILES string of the molecule is CC1=CCC2N(C1=O)C(C)(C)OC2(C)C. The summed E-state index contributed by atoms with van der Waals surface area (Å²) in [5.41, 5.74) is 0.0950. The quantitative estimate of drug-likeness (QED) is 0.611.